The second kappa shape index (κ2) is 7.98. The summed E-state index contributed by atoms with van der Waals surface area (Å²) in [6.07, 6.45) is 0.0306. The lowest BCUT2D eigenvalue weighted by atomic mass is 10.1. The molecule has 2 aromatic carbocycles. The van der Waals surface area contributed by atoms with Crippen molar-refractivity contribution >= 4 is 12.1 Å². The number of aliphatic hydroxyl groups is 1. The molecule has 126 valence electrons. The molecular weight excluding hydrogens is 312 g/mol. The van der Waals surface area contributed by atoms with Crippen molar-refractivity contribution in [3.05, 3.63) is 53.6 Å². The summed E-state index contributed by atoms with van der Waals surface area (Å²) in [5.41, 5.74) is 3.30. The summed E-state index contributed by atoms with van der Waals surface area (Å²) in [5.74, 6) is 0.268. The summed E-state index contributed by atoms with van der Waals surface area (Å²) in [5, 5.41) is 23.3. The van der Waals surface area contributed by atoms with Crippen LogP contribution in [0.3, 0.4) is 0 Å². The monoisotopic (exact) mass is 330 g/mol. The van der Waals surface area contributed by atoms with Crippen LogP contribution >= 0.6 is 0 Å². The first-order valence-electron chi connectivity index (χ1n) is 7.07. The topological polar surface area (TPSA) is 100 Å². The van der Waals surface area contributed by atoms with Crippen LogP contribution in [0.1, 0.15) is 17.2 Å². The van der Waals surface area contributed by atoms with E-state index >= 15 is 0 Å². The molecule has 7 heteroatoms. The molecule has 3 N–H and O–H groups in total. The molecule has 7 nitrogen and oxygen atoms in total. The van der Waals surface area contributed by atoms with Gasteiger partial charge in [-0.1, -0.05) is 12.1 Å². The molecule has 1 unspecified atom stereocenters. The first-order chi connectivity index (χ1) is 11.5. The zero-order valence-electron chi connectivity index (χ0n) is 13.3. The highest BCUT2D eigenvalue weighted by molar-refractivity contribution is 5.85. The Morgan fingerprint density at radius 1 is 1.17 bits per heavy atom. The van der Waals surface area contributed by atoms with E-state index < -0.39 is 12.0 Å². The summed E-state index contributed by atoms with van der Waals surface area (Å²) >= 11 is 0. The van der Waals surface area contributed by atoms with Crippen molar-refractivity contribution in [2.75, 3.05) is 14.2 Å². The standard InChI is InChI=1S/C17H18N2O5/c1-23-13-6-4-12(5-7-13)16(21)17(22)19-18-10-11-3-8-14(20)15(9-11)24-2/h3-10,16,20-21H,1-2H3,(H,19,22)/b18-10-. The molecule has 0 fully saturated rings. The minimum Gasteiger partial charge on any atom is -0.504 e. The van der Waals surface area contributed by atoms with Gasteiger partial charge in [0, 0.05) is 0 Å². The van der Waals surface area contributed by atoms with E-state index in [1.807, 2.05) is 0 Å². The molecule has 0 bridgehead atoms. The molecule has 0 aliphatic heterocycles. The number of benzene rings is 2. The van der Waals surface area contributed by atoms with E-state index in [0.29, 0.717) is 22.6 Å². The highest BCUT2D eigenvalue weighted by Crippen LogP contribution is 2.25. The molecule has 0 saturated heterocycles. The highest BCUT2D eigenvalue weighted by atomic mass is 16.5. The van der Waals surface area contributed by atoms with Crippen LogP contribution in [0, 0.1) is 0 Å². The maximum absolute atomic E-state index is 11.9. The minimum atomic E-state index is -1.34. The number of nitrogens with one attached hydrogen (secondary N) is 1. The lowest BCUT2D eigenvalue weighted by Gasteiger charge is -2.09. The average molecular weight is 330 g/mol. The fourth-order valence-electron chi connectivity index (χ4n) is 1.94. The molecule has 2 rings (SSSR count). The van der Waals surface area contributed by atoms with Gasteiger partial charge in [-0.15, -0.1) is 0 Å². The minimum absolute atomic E-state index is 0.00798. The van der Waals surface area contributed by atoms with Crippen LogP contribution in [-0.4, -0.2) is 36.6 Å². The van der Waals surface area contributed by atoms with Gasteiger partial charge in [-0.05, 0) is 41.5 Å². The van der Waals surface area contributed by atoms with E-state index in [4.69, 9.17) is 9.47 Å². The van der Waals surface area contributed by atoms with Crippen LogP contribution in [-0.2, 0) is 4.79 Å². The number of carbonyl (C=O) groups is 1. The Kier molecular flexibility index (Phi) is 5.75. The summed E-state index contributed by atoms with van der Waals surface area (Å²) in [7, 11) is 2.97. The summed E-state index contributed by atoms with van der Waals surface area (Å²) < 4.78 is 10.00. The number of hydrogen-bond donors (Lipinski definition) is 3. The predicted molar refractivity (Wildman–Crippen MR) is 88.3 cm³/mol. The van der Waals surface area contributed by atoms with E-state index in [1.165, 1.54) is 26.5 Å². The fourth-order valence-corrected chi connectivity index (χ4v) is 1.94. The van der Waals surface area contributed by atoms with E-state index in [9.17, 15) is 15.0 Å². The van der Waals surface area contributed by atoms with Crippen LogP contribution in [0.4, 0.5) is 0 Å². The van der Waals surface area contributed by atoms with Crippen LogP contribution < -0.4 is 14.9 Å². The number of ether oxygens (including phenoxy) is 2. The van der Waals surface area contributed by atoms with Crippen molar-refractivity contribution in [2.45, 2.75) is 6.10 Å². The van der Waals surface area contributed by atoms with Gasteiger partial charge >= 0.3 is 0 Å². The number of aliphatic hydroxyl groups excluding tert-OH is 1. The first-order valence-corrected chi connectivity index (χ1v) is 7.07. The zero-order chi connectivity index (χ0) is 17.5. The van der Waals surface area contributed by atoms with Crippen molar-refractivity contribution in [1.29, 1.82) is 0 Å². The van der Waals surface area contributed by atoms with Gasteiger partial charge in [0.15, 0.2) is 17.6 Å². The van der Waals surface area contributed by atoms with Gasteiger partial charge in [-0.2, -0.15) is 5.10 Å². The van der Waals surface area contributed by atoms with Crippen LogP contribution in [0.2, 0.25) is 0 Å². The van der Waals surface area contributed by atoms with Crippen molar-refractivity contribution in [1.82, 2.24) is 5.43 Å². The van der Waals surface area contributed by atoms with E-state index in [1.54, 1.807) is 36.4 Å². The molecule has 0 saturated carbocycles. The Bertz CT molecular complexity index is 728. The number of hydrogen-bond acceptors (Lipinski definition) is 6. The Labute approximate surface area is 139 Å². The Hall–Kier alpha value is -3.06. The van der Waals surface area contributed by atoms with Gasteiger partial charge in [0.05, 0.1) is 20.4 Å². The number of carbonyl (C=O) groups excluding carboxylic acids is 1. The molecule has 0 aromatic heterocycles. The molecule has 0 spiro atoms. The number of phenols is 1. The third-order valence-electron chi connectivity index (χ3n) is 3.27. The summed E-state index contributed by atoms with van der Waals surface area (Å²) in [6.45, 7) is 0. The van der Waals surface area contributed by atoms with Crippen molar-refractivity contribution in [3.8, 4) is 17.2 Å². The molecule has 0 heterocycles. The van der Waals surface area contributed by atoms with Gasteiger partial charge in [0.2, 0.25) is 0 Å². The molecule has 0 aliphatic carbocycles. The second-order valence-corrected chi connectivity index (χ2v) is 4.84. The lowest BCUT2D eigenvalue weighted by molar-refractivity contribution is -0.129. The largest absolute Gasteiger partial charge is 0.504 e. The van der Waals surface area contributed by atoms with E-state index in [-0.39, 0.29) is 5.75 Å². The smallest absolute Gasteiger partial charge is 0.273 e. The molecule has 2 aromatic rings. The zero-order valence-corrected chi connectivity index (χ0v) is 13.3. The van der Waals surface area contributed by atoms with E-state index in [2.05, 4.69) is 10.5 Å². The molecule has 0 radical (unpaired) electrons. The molecule has 1 atom stereocenters. The van der Waals surface area contributed by atoms with Gasteiger partial charge in [0.1, 0.15) is 5.75 Å². The van der Waals surface area contributed by atoms with Crippen molar-refractivity contribution < 1.29 is 24.5 Å². The third kappa shape index (κ3) is 4.23. The Balaban J connectivity index is 1.98. The quantitative estimate of drug-likeness (QED) is 0.552. The number of rotatable bonds is 6. The molecule has 24 heavy (non-hydrogen) atoms. The van der Waals surface area contributed by atoms with E-state index in [0.717, 1.165) is 0 Å². The molecule has 1 amide bonds. The summed E-state index contributed by atoms with van der Waals surface area (Å²) in [4.78, 5) is 11.9. The van der Waals surface area contributed by atoms with Gasteiger partial charge in [-0.25, -0.2) is 5.43 Å². The number of aromatic hydroxyl groups is 1. The fraction of sp³-hybridized carbons (Fsp3) is 0.176. The van der Waals surface area contributed by atoms with Gasteiger partial charge < -0.3 is 19.7 Å². The number of hydrazone groups is 1. The number of methoxy groups -OCH3 is 2. The number of amides is 1. The van der Waals surface area contributed by atoms with Crippen LogP contribution in [0.15, 0.2) is 47.6 Å². The van der Waals surface area contributed by atoms with Gasteiger partial charge in [0.25, 0.3) is 5.91 Å². The highest BCUT2D eigenvalue weighted by Gasteiger charge is 2.16. The number of phenolic OH excluding ortho intramolecular Hbond substituents is 1. The SMILES string of the molecule is COc1ccc(C(O)C(=O)N/N=C\c2ccc(O)c(OC)c2)cc1. The first kappa shape index (κ1) is 17.3. The lowest BCUT2D eigenvalue weighted by Crippen LogP contribution is -2.25. The summed E-state index contributed by atoms with van der Waals surface area (Å²) in [6, 6.07) is 11.1. The maximum atomic E-state index is 11.9. The Morgan fingerprint density at radius 2 is 1.88 bits per heavy atom. The maximum Gasteiger partial charge on any atom is 0.273 e. The normalized spacial score (nSPS) is 12.0. The van der Waals surface area contributed by atoms with Crippen LogP contribution in [0.25, 0.3) is 0 Å². The van der Waals surface area contributed by atoms with Gasteiger partial charge in [-0.3, -0.25) is 4.79 Å². The number of nitrogens with zero attached hydrogens (tertiary/aromatic N) is 1. The average Bonchev–Trinajstić information content (AvgIpc) is 2.62. The van der Waals surface area contributed by atoms with Crippen LogP contribution in [0.5, 0.6) is 17.2 Å². The van der Waals surface area contributed by atoms with Crippen molar-refractivity contribution in [3.63, 3.8) is 0 Å². The molecule has 0 aliphatic rings. The molecular formula is C17H18N2O5. The predicted octanol–water partition coefficient (Wildman–Crippen LogP) is 1.59. The second-order valence-electron chi connectivity index (χ2n) is 4.84. The third-order valence-corrected chi connectivity index (χ3v) is 3.27. The van der Waals surface area contributed by atoms with Crippen molar-refractivity contribution in [2.24, 2.45) is 5.10 Å². The Morgan fingerprint density at radius 3 is 2.50 bits per heavy atom.